The van der Waals surface area contributed by atoms with Crippen LogP contribution in [0.2, 0.25) is 0 Å². The van der Waals surface area contributed by atoms with Crippen LogP contribution in [0.15, 0.2) is 0 Å². The highest BCUT2D eigenvalue weighted by atomic mass is 32.2. The minimum absolute atomic E-state index is 0.360. The van der Waals surface area contributed by atoms with Crippen molar-refractivity contribution in [3.05, 3.63) is 0 Å². The average Bonchev–Trinajstić information content (AvgIpc) is 2.09. The molecule has 0 fully saturated rings. The van der Waals surface area contributed by atoms with Gasteiger partial charge in [-0.15, -0.1) is 0 Å². The Balaban J connectivity index is 3.52. The zero-order valence-corrected chi connectivity index (χ0v) is 11.1. The lowest BCUT2D eigenvalue weighted by Gasteiger charge is -2.19. The highest BCUT2D eigenvalue weighted by Gasteiger charge is 2.15. The smallest absolute Gasteiger partial charge is 0.407 e. The topological polar surface area (TPSA) is 47.6 Å². The molecule has 1 N–H and O–H groups in total. The first-order valence-corrected chi connectivity index (χ1v) is 6.16. The molecule has 0 aromatic rings. The van der Waals surface area contributed by atoms with Crippen LogP contribution in [0.3, 0.4) is 0 Å². The van der Waals surface area contributed by atoms with Crippen molar-refractivity contribution >= 4 is 34.5 Å². The van der Waals surface area contributed by atoms with Crippen LogP contribution in [0.5, 0.6) is 0 Å². The molecule has 6 heteroatoms. The fourth-order valence-corrected chi connectivity index (χ4v) is 0.945. The summed E-state index contributed by atoms with van der Waals surface area (Å²) in [5, 5.41) is 2.56. The summed E-state index contributed by atoms with van der Waals surface area (Å²) >= 11 is 6.18. The van der Waals surface area contributed by atoms with E-state index >= 15 is 0 Å². The van der Waals surface area contributed by atoms with E-state index in [-0.39, 0.29) is 0 Å². The fourth-order valence-electron chi connectivity index (χ4n) is 0.661. The molecule has 0 saturated carbocycles. The summed E-state index contributed by atoms with van der Waals surface area (Å²) in [7, 11) is 0. The maximum absolute atomic E-state index is 11.1. The molecular weight excluding hydrogens is 234 g/mol. The van der Waals surface area contributed by atoms with Crippen molar-refractivity contribution in [1.29, 1.82) is 0 Å². The van der Waals surface area contributed by atoms with Crippen molar-refractivity contribution < 1.29 is 14.3 Å². The predicted octanol–water partition coefficient (Wildman–Crippen LogP) is 2.18. The average molecular weight is 251 g/mol. The quantitative estimate of drug-likeness (QED) is 0.615. The molecule has 0 bridgehead atoms. The van der Waals surface area contributed by atoms with Gasteiger partial charge in [0.25, 0.3) is 0 Å². The van der Waals surface area contributed by atoms with Gasteiger partial charge in [0.05, 0.1) is 6.54 Å². The highest BCUT2D eigenvalue weighted by molar-refractivity contribution is 8.22. The van der Waals surface area contributed by atoms with E-state index in [9.17, 15) is 4.79 Å². The Morgan fingerprint density at radius 3 is 2.53 bits per heavy atom. The molecule has 4 nitrogen and oxygen atoms in total. The first-order chi connectivity index (χ1) is 6.85. The normalized spacial score (nSPS) is 10.7. The maximum Gasteiger partial charge on any atom is 0.407 e. The van der Waals surface area contributed by atoms with Gasteiger partial charge in [-0.05, 0) is 39.2 Å². The Labute approximate surface area is 100 Å². The minimum Gasteiger partial charge on any atom is -0.477 e. The molecule has 0 aromatic heterocycles. The summed E-state index contributed by atoms with van der Waals surface area (Å²) < 4.78 is 10.6. The molecule has 0 rings (SSSR count). The minimum atomic E-state index is -0.473. The van der Waals surface area contributed by atoms with Gasteiger partial charge in [-0.25, -0.2) is 4.79 Å². The van der Waals surface area contributed by atoms with Crippen LogP contribution in [-0.4, -0.2) is 35.5 Å². The van der Waals surface area contributed by atoms with Gasteiger partial charge in [0.2, 0.25) is 4.38 Å². The Morgan fingerprint density at radius 1 is 1.47 bits per heavy atom. The second kappa shape index (κ2) is 6.90. The molecule has 0 radical (unpaired) electrons. The first-order valence-electron chi connectivity index (χ1n) is 4.53. The van der Waals surface area contributed by atoms with Crippen LogP contribution in [0, 0.1) is 0 Å². The van der Waals surface area contributed by atoms with E-state index in [0.717, 1.165) is 0 Å². The summed E-state index contributed by atoms with van der Waals surface area (Å²) in [6.07, 6.45) is 1.39. The Hall–Kier alpha value is -0.490. The van der Waals surface area contributed by atoms with Gasteiger partial charge in [0, 0.05) is 0 Å². The number of carbonyl (C=O) groups is 1. The van der Waals surface area contributed by atoms with E-state index in [0.29, 0.717) is 17.5 Å². The molecule has 0 aliphatic heterocycles. The number of thiocarbonyl (C=S) groups is 1. The highest BCUT2D eigenvalue weighted by Crippen LogP contribution is 2.06. The third-order valence-corrected chi connectivity index (χ3v) is 2.23. The standard InChI is InChI=1S/C9H17NO3S2/c1-9(2,3)13-7(11)10-5-6-12-8(14)15-4/h5-6H2,1-4H3,(H,10,11). The van der Waals surface area contributed by atoms with Crippen LogP contribution >= 0.6 is 24.0 Å². The fraction of sp³-hybridized carbons (Fsp3) is 0.778. The number of amides is 1. The van der Waals surface area contributed by atoms with E-state index in [1.165, 1.54) is 11.8 Å². The number of hydrogen-bond acceptors (Lipinski definition) is 5. The Kier molecular flexibility index (Phi) is 6.67. The molecule has 0 heterocycles. The van der Waals surface area contributed by atoms with E-state index < -0.39 is 11.7 Å². The number of hydrogen-bond donors (Lipinski definition) is 1. The number of alkyl carbamates (subject to hydrolysis) is 1. The summed E-state index contributed by atoms with van der Waals surface area (Å²) in [4.78, 5) is 11.1. The molecule has 0 atom stereocenters. The molecule has 0 aromatic carbocycles. The van der Waals surface area contributed by atoms with Crippen molar-refractivity contribution in [3.63, 3.8) is 0 Å². The zero-order chi connectivity index (χ0) is 11.9. The third kappa shape index (κ3) is 9.81. The van der Waals surface area contributed by atoms with Gasteiger partial charge in [0.1, 0.15) is 12.2 Å². The molecular formula is C9H17NO3S2. The largest absolute Gasteiger partial charge is 0.477 e. The van der Waals surface area contributed by atoms with Gasteiger partial charge < -0.3 is 14.8 Å². The van der Waals surface area contributed by atoms with E-state index in [2.05, 4.69) is 5.32 Å². The number of carbonyl (C=O) groups excluding carboxylic acids is 1. The lowest BCUT2D eigenvalue weighted by atomic mass is 10.2. The second-order valence-corrected chi connectivity index (χ2v) is 5.14. The van der Waals surface area contributed by atoms with Crippen LogP contribution < -0.4 is 5.32 Å². The zero-order valence-electron chi connectivity index (χ0n) is 9.46. The van der Waals surface area contributed by atoms with Crippen LogP contribution in [0.1, 0.15) is 20.8 Å². The number of thioether (sulfide) groups is 1. The van der Waals surface area contributed by atoms with E-state index in [1.807, 2.05) is 27.0 Å². The van der Waals surface area contributed by atoms with Gasteiger partial charge >= 0.3 is 6.09 Å². The lowest BCUT2D eigenvalue weighted by molar-refractivity contribution is 0.0520. The lowest BCUT2D eigenvalue weighted by Crippen LogP contribution is -2.34. The van der Waals surface area contributed by atoms with Gasteiger partial charge in [-0.3, -0.25) is 0 Å². The van der Waals surface area contributed by atoms with Crippen molar-refractivity contribution in [3.8, 4) is 0 Å². The van der Waals surface area contributed by atoms with Crippen LogP contribution in [0.25, 0.3) is 0 Å². The number of nitrogens with one attached hydrogen (secondary N) is 1. The Morgan fingerprint density at radius 2 is 2.07 bits per heavy atom. The molecule has 0 unspecified atom stereocenters. The molecule has 0 aliphatic rings. The molecule has 15 heavy (non-hydrogen) atoms. The molecule has 0 aliphatic carbocycles. The third-order valence-electron chi connectivity index (χ3n) is 1.16. The van der Waals surface area contributed by atoms with Crippen molar-refractivity contribution in [2.45, 2.75) is 26.4 Å². The number of ether oxygens (including phenoxy) is 2. The van der Waals surface area contributed by atoms with Crippen LogP contribution in [-0.2, 0) is 9.47 Å². The van der Waals surface area contributed by atoms with Gasteiger partial charge in [-0.2, -0.15) is 0 Å². The molecule has 1 amide bonds. The Bertz CT molecular complexity index is 226. The predicted molar refractivity (Wildman–Crippen MR) is 66.3 cm³/mol. The maximum atomic E-state index is 11.1. The monoisotopic (exact) mass is 251 g/mol. The van der Waals surface area contributed by atoms with E-state index in [4.69, 9.17) is 21.7 Å². The molecule has 0 spiro atoms. The summed E-state index contributed by atoms with van der Waals surface area (Å²) in [6, 6.07) is 0. The molecule has 0 saturated heterocycles. The second-order valence-electron chi connectivity index (χ2n) is 3.73. The van der Waals surface area contributed by atoms with E-state index in [1.54, 1.807) is 0 Å². The first kappa shape index (κ1) is 14.5. The van der Waals surface area contributed by atoms with Crippen LogP contribution in [0.4, 0.5) is 4.79 Å². The number of rotatable bonds is 3. The summed E-state index contributed by atoms with van der Waals surface area (Å²) in [5.74, 6) is 0. The summed E-state index contributed by atoms with van der Waals surface area (Å²) in [5.41, 5.74) is -0.473. The molecule has 88 valence electrons. The van der Waals surface area contributed by atoms with Crippen molar-refractivity contribution in [2.24, 2.45) is 0 Å². The van der Waals surface area contributed by atoms with Crippen molar-refractivity contribution in [1.82, 2.24) is 5.32 Å². The van der Waals surface area contributed by atoms with Gasteiger partial charge in [-0.1, -0.05) is 11.8 Å². The SMILES string of the molecule is CSC(=S)OCCNC(=O)OC(C)(C)C. The van der Waals surface area contributed by atoms with Gasteiger partial charge in [0.15, 0.2) is 0 Å². The van der Waals surface area contributed by atoms with Crippen molar-refractivity contribution in [2.75, 3.05) is 19.4 Å². The summed E-state index contributed by atoms with van der Waals surface area (Å²) in [6.45, 7) is 6.18.